The van der Waals surface area contributed by atoms with Gasteiger partial charge in [-0.15, -0.1) is 0 Å². The number of carbonyl (C=O) groups excluding carboxylic acids is 2. The summed E-state index contributed by atoms with van der Waals surface area (Å²) in [5.41, 5.74) is 0.276. The second-order valence-electron chi connectivity index (χ2n) is 4.17. The van der Waals surface area contributed by atoms with Crippen molar-refractivity contribution in [3.8, 4) is 5.75 Å². The van der Waals surface area contributed by atoms with Crippen LogP contribution in [0.25, 0.3) is 0 Å². The number of hydrogen-bond acceptors (Lipinski definition) is 3. The van der Waals surface area contributed by atoms with Crippen LogP contribution in [0.4, 0.5) is 14.5 Å². The van der Waals surface area contributed by atoms with Crippen molar-refractivity contribution in [1.82, 2.24) is 5.32 Å². The molecule has 0 aromatic heterocycles. The summed E-state index contributed by atoms with van der Waals surface area (Å²) in [5.74, 6) is -1.78. The standard InChI is InChI=1S/C12H11F2IN2O3/c1-7(18)16-4-5-17-9-6-8(15)2-3-10(9)20-12(13,14)11(17)19/h2-3,6H,4-5H2,1H3,(H,16,18). The molecule has 0 saturated heterocycles. The molecule has 2 rings (SSSR count). The molecular weight excluding hydrogens is 385 g/mol. The largest absolute Gasteiger partial charge is 0.482 e. The lowest BCUT2D eigenvalue weighted by Crippen LogP contribution is -2.52. The van der Waals surface area contributed by atoms with Gasteiger partial charge in [-0.3, -0.25) is 14.5 Å². The zero-order valence-electron chi connectivity index (χ0n) is 10.5. The van der Waals surface area contributed by atoms with E-state index in [1.807, 2.05) is 22.6 Å². The SMILES string of the molecule is CC(=O)NCCN1C(=O)C(F)(F)Oc2ccc(I)cc21. The molecule has 1 aliphatic heterocycles. The van der Waals surface area contributed by atoms with Crippen molar-refractivity contribution in [2.45, 2.75) is 13.0 Å². The predicted octanol–water partition coefficient (Wildman–Crippen LogP) is 1.75. The maximum absolute atomic E-state index is 13.5. The number of nitrogens with one attached hydrogen (secondary N) is 1. The van der Waals surface area contributed by atoms with E-state index in [9.17, 15) is 18.4 Å². The first-order valence-electron chi connectivity index (χ1n) is 5.74. The van der Waals surface area contributed by atoms with Crippen molar-refractivity contribution in [2.24, 2.45) is 0 Å². The van der Waals surface area contributed by atoms with Crippen LogP contribution < -0.4 is 15.0 Å². The highest BCUT2D eigenvalue weighted by atomic mass is 127. The Hall–Kier alpha value is -1.45. The number of fused-ring (bicyclic) bond motifs is 1. The van der Waals surface area contributed by atoms with Crippen LogP contribution in [0.3, 0.4) is 0 Å². The number of halogens is 3. The Morgan fingerprint density at radius 1 is 1.50 bits per heavy atom. The average molecular weight is 396 g/mol. The molecule has 0 unspecified atom stereocenters. The van der Waals surface area contributed by atoms with Gasteiger partial charge in [0, 0.05) is 23.6 Å². The maximum atomic E-state index is 13.5. The van der Waals surface area contributed by atoms with Crippen LogP contribution >= 0.6 is 22.6 Å². The summed E-state index contributed by atoms with van der Waals surface area (Å²) in [6.07, 6.45) is -3.89. The quantitative estimate of drug-likeness (QED) is 0.793. The van der Waals surface area contributed by atoms with E-state index >= 15 is 0 Å². The van der Waals surface area contributed by atoms with E-state index in [1.165, 1.54) is 13.0 Å². The zero-order chi connectivity index (χ0) is 14.9. The first-order chi connectivity index (χ1) is 9.31. The lowest BCUT2D eigenvalue weighted by molar-refractivity contribution is -0.192. The third-order valence-corrected chi connectivity index (χ3v) is 3.32. The van der Waals surface area contributed by atoms with Crippen LogP contribution in [0, 0.1) is 3.57 Å². The van der Waals surface area contributed by atoms with Crippen LogP contribution in [-0.2, 0) is 9.59 Å². The number of anilines is 1. The molecule has 0 spiro atoms. The lowest BCUT2D eigenvalue weighted by Gasteiger charge is -2.33. The number of amides is 2. The maximum Gasteiger partial charge on any atom is 0.482 e. The number of nitrogens with zero attached hydrogens (tertiary/aromatic N) is 1. The summed E-state index contributed by atoms with van der Waals surface area (Å²) in [6.45, 7) is 1.35. The summed E-state index contributed by atoms with van der Waals surface area (Å²) < 4.78 is 32.2. The molecule has 0 aliphatic carbocycles. The lowest BCUT2D eigenvalue weighted by atomic mass is 10.2. The van der Waals surface area contributed by atoms with Crippen molar-refractivity contribution in [2.75, 3.05) is 18.0 Å². The van der Waals surface area contributed by atoms with E-state index in [1.54, 1.807) is 12.1 Å². The number of hydrogen-bond donors (Lipinski definition) is 1. The van der Waals surface area contributed by atoms with Crippen LogP contribution in [0.1, 0.15) is 6.92 Å². The van der Waals surface area contributed by atoms with Crippen molar-refractivity contribution < 1.29 is 23.1 Å². The molecule has 1 aromatic carbocycles. The van der Waals surface area contributed by atoms with E-state index in [-0.39, 0.29) is 30.4 Å². The van der Waals surface area contributed by atoms with Gasteiger partial charge in [0.1, 0.15) is 0 Å². The van der Waals surface area contributed by atoms with Gasteiger partial charge < -0.3 is 10.1 Å². The zero-order valence-corrected chi connectivity index (χ0v) is 12.6. The Balaban J connectivity index is 2.30. The van der Waals surface area contributed by atoms with Gasteiger partial charge in [0.25, 0.3) is 0 Å². The van der Waals surface area contributed by atoms with E-state index < -0.39 is 12.0 Å². The minimum Gasteiger partial charge on any atom is -0.423 e. The molecule has 1 heterocycles. The van der Waals surface area contributed by atoms with Crippen LogP contribution in [0.2, 0.25) is 0 Å². The van der Waals surface area contributed by atoms with Crippen LogP contribution in [0.5, 0.6) is 5.75 Å². The fourth-order valence-electron chi connectivity index (χ4n) is 1.80. The highest BCUT2D eigenvalue weighted by Gasteiger charge is 2.50. The molecule has 2 amide bonds. The molecule has 1 N–H and O–H groups in total. The fourth-order valence-corrected chi connectivity index (χ4v) is 2.28. The van der Waals surface area contributed by atoms with Gasteiger partial charge in [-0.05, 0) is 40.8 Å². The Morgan fingerprint density at radius 3 is 2.85 bits per heavy atom. The Morgan fingerprint density at radius 2 is 2.20 bits per heavy atom. The summed E-state index contributed by atoms with van der Waals surface area (Å²) in [4.78, 5) is 23.5. The molecule has 0 radical (unpaired) electrons. The summed E-state index contributed by atoms with van der Waals surface area (Å²) in [5, 5.41) is 2.47. The predicted molar refractivity (Wildman–Crippen MR) is 75.8 cm³/mol. The highest BCUT2D eigenvalue weighted by Crippen LogP contribution is 2.39. The van der Waals surface area contributed by atoms with Crippen LogP contribution in [-0.4, -0.2) is 31.0 Å². The third-order valence-electron chi connectivity index (χ3n) is 2.65. The second-order valence-corrected chi connectivity index (χ2v) is 5.42. The van der Waals surface area contributed by atoms with Gasteiger partial charge in [-0.2, -0.15) is 8.78 Å². The summed E-state index contributed by atoms with van der Waals surface area (Å²) in [7, 11) is 0. The average Bonchev–Trinajstić information content (AvgIpc) is 2.34. The Kier molecular flexibility index (Phi) is 4.11. The van der Waals surface area contributed by atoms with Gasteiger partial charge in [0.2, 0.25) is 5.91 Å². The number of benzene rings is 1. The molecule has 0 atom stereocenters. The molecule has 0 fully saturated rings. The van der Waals surface area contributed by atoms with Crippen molar-refractivity contribution in [1.29, 1.82) is 0 Å². The normalized spacial score (nSPS) is 16.4. The van der Waals surface area contributed by atoms with Gasteiger partial charge in [0.15, 0.2) is 5.75 Å². The second kappa shape index (κ2) is 5.51. The minimum absolute atomic E-state index is 0.0511. The number of carbonyl (C=O) groups is 2. The number of alkyl halides is 2. The molecule has 1 aromatic rings. The van der Waals surface area contributed by atoms with Gasteiger partial charge in [-0.1, -0.05) is 0 Å². The third kappa shape index (κ3) is 3.00. The van der Waals surface area contributed by atoms with E-state index in [0.29, 0.717) is 0 Å². The van der Waals surface area contributed by atoms with E-state index in [0.717, 1.165) is 8.47 Å². The van der Waals surface area contributed by atoms with Crippen molar-refractivity contribution in [3.05, 3.63) is 21.8 Å². The fraction of sp³-hybridized carbons (Fsp3) is 0.333. The number of rotatable bonds is 3. The smallest absolute Gasteiger partial charge is 0.423 e. The number of ether oxygens (including phenoxy) is 1. The Bertz CT molecular complexity index is 566. The molecule has 1 aliphatic rings. The Labute approximate surface area is 127 Å². The molecule has 0 bridgehead atoms. The topological polar surface area (TPSA) is 58.6 Å². The summed E-state index contributed by atoms with van der Waals surface area (Å²) in [6, 6.07) is 4.58. The van der Waals surface area contributed by atoms with E-state index in [2.05, 4.69) is 10.1 Å². The van der Waals surface area contributed by atoms with E-state index in [4.69, 9.17) is 0 Å². The monoisotopic (exact) mass is 396 g/mol. The first kappa shape index (κ1) is 14.9. The molecule has 108 valence electrons. The van der Waals surface area contributed by atoms with Crippen molar-refractivity contribution >= 4 is 40.1 Å². The molecule has 0 saturated carbocycles. The molecule has 8 heteroatoms. The molecule has 20 heavy (non-hydrogen) atoms. The first-order valence-corrected chi connectivity index (χ1v) is 6.82. The summed E-state index contributed by atoms with van der Waals surface area (Å²) >= 11 is 2.01. The highest BCUT2D eigenvalue weighted by molar-refractivity contribution is 14.1. The molecular formula is C12H11F2IN2O3. The van der Waals surface area contributed by atoms with Gasteiger partial charge in [-0.25, -0.2) is 0 Å². The van der Waals surface area contributed by atoms with Gasteiger partial charge in [0.05, 0.1) is 5.69 Å². The van der Waals surface area contributed by atoms with Crippen LogP contribution in [0.15, 0.2) is 18.2 Å². The van der Waals surface area contributed by atoms with Crippen molar-refractivity contribution in [3.63, 3.8) is 0 Å². The molecule has 5 nitrogen and oxygen atoms in total. The van der Waals surface area contributed by atoms with Gasteiger partial charge >= 0.3 is 12.0 Å². The minimum atomic E-state index is -3.89.